The van der Waals surface area contributed by atoms with E-state index < -0.39 is 21.7 Å². The summed E-state index contributed by atoms with van der Waals surface area (Å²) in [6.45, 7) is 0.800. The summed E-state index contributed by atoms with van der Waals surface area (Å²) in [6.07, 6.45) is 3.03. The molecule has 1 aliphatic rings. The van der Waals surface area contributed by atoms with Crippen LogP contribution in [0.1, 0.15) is 6.42 Å². The molecule has 6 nitrogen and oxygen atoms in total. The van der Waals surface area contributed by atoms with Gasteiger partial charge >= 0.3 is 0 Å². The van der Waals surface area contributed by atoms with Crippen LogP contribution in [-0.2, 0) is 10.0 Å². The maximum Gasteiger partial charge on any atom is 0.257 e. The molecule has 1 aliphatic heterocycles. The van der Waals surface area contributed by atoms with E-state index in [1.807, 2.05) is 0 Å². The van der Waals surface area contributed by atoms with Gasteiger partial charge in [0.1, 0.15) is 11.6 Å². The molecule has 0 saturated carbocycles. The van der Waals surface area contributed by atoms with Crippen molar-refractivity contribution in [1.82, 2.24) is 14.7 Å². The van der Waals surface area contributed by atoms with Crippen LogP contribution in [0.4, 0.5) is 14.5 Å². The number of aromatic nitrogens is 2. The van der Waals surface area contributed by atoms with E-state index in [1.54, 1.807) is 4.90 Å². The van der Waals surface area contributed by atoms with Crippen LogP contribution in [0.2, 0.25) is 0 Å². The third-order valence-corrected chi connectivity index (χ3v) is 4.97. The molecule has 2 aromatic rings. The highest BCUT2D eigenvalue weighted by atomic mass is 32.2. The lowest BCUT2D eigenvalue weighted by molar-refractivity contribution is 0.558. The number of hydrogen-bond acceptors (Lipinski definition) is 4. The Hall–Kier alpha value is -2.00. The van der Waals surface area contributed by atoms with E-state index in [2.05, 4.69) is 14.7 Å². The zero-order valence-corrected chi connectivity index (χ0v) is 12.3. The minimum atomic E-state index is -3.67. The SMILES string of the molecule is O=S(=O)(NC1CCN(c2ccc(F)cc2F)C1)c1cnc[nH]1. The van der Waals surface area contributed by atoms with E-state index in [0.29, 0.717) is 19.5 Å². The molecule has 1 unspecified atom stereocenters. The van der Waals surface area contributed by atoms with Crippen molar-refractivity contribution >= 4 is 15.7 Å². The molecule has 118 valence electrons. The van der Waals surface area contributed by atoms with Crippen molar-refractivity contribution in [3.8, 4) is 0 Å². The number of hydrogen-bond donors (Lipinski definition) is 2. The first-order valence-electron chi connectivity index (χ1n) is 6.66. The van der Waals surface area contributed by atoms with Crippen LogP contribution in [0.5, 0.6) is 0 Å². The second-order valence-corrected chi connectivity index (χ2v) is 6.75. The topological polar surface area (TPSA) is 78.1 Å². The van der Waals surface area contributed by atoms with Crippen LogP contribution in [0, 0.1) is 11.6 Å². The van der Waals surface area contributed by atoms with Gasteiger partial charge in [-0.25, -0.2) is 26.9 Å². The zero-order chi connectivity index (χ0) is 15.7. The average Bonchev–Trinajstić information content (AvgIpc) is 3.09. The second kappa shape index (κ2) is 5.65. The number of H-pyrrole nitrogens is 1. The lowest BCUT2D eigenvalue weighted by atomic mass is 10.2. The van der Waals surface area contributed by atoms with Gasteiger partial charge in [0.15, 0.2) is 5.03 Å². The summed E-state index contributed by atoms with van der Waals surface area (Å²) in [5, 5.41) is -0.0149. The highest BCUT2D eigenvalue weighted by Crippen LogP contribution is 2.24. The Kier molecular flexibility index (Phi) is 3.83. The molecular formula is C13H14F2N4O2S. The van der Waals surface area contributed by atoms with Gasteiger partial charge in [-0.1, -0.05) is 0 Å². The van der Waals surface area contributed by atoms with Crippen LogP contribution in [0.25, 0.3) is 0 Å². The fraction of sp³-hybridized carbons (Fsp3) is 0.308. The lowest BCUT2D eigenvalue weighted by Gasteiger charge is -2.19. The van der Waals surface area contributed by atoms with E-state index in [-0.39, 0.29) is 16.8 Å². The number of nitrogens with one attached hydrogen (secondary N) is 2. The molecule has 9 heteroatoms. The summed E-state index contributed by atoms with van der Waals surface area (Å²) in [6, 6.07) is 3.01. The largest absolute Gasteiger partial charge is 0.368 e. The monoisotopic (exact) mass is 328 g/mol. The molecule has 0 spiro atoms. The van der Waals surface area contributed by atoms with Crippen molar-refractivity contribution in [2.24, 2.45) is 0 Å². The molecule has 0 radical (unpaired) electrons. The van der Waals surface area contributed by atoms with Gasteiger partial charge in [-0.15, -0.1) is 0 Å². The second-order valence-electron chi connectivity index (χ2n) is 5.06. The van der Waals surface area contributed by atoms with E-state index in [1.165, 1.54) is 24.7 Å². The maximum absolute atomic E-state index is 13.8. The Balaban J connectivity index is 1.70. The fourth-order valence-electron chi connectivity index (χ4n) is 2.49. The number of sulfonamides is 1. The van der Waals surface area contributed by atoms with Gasteiger partial charge in [0.2, 0.25) is 0 Å². The number of halogens is 2. The standard InChI is InChI=1S/C13H14F2N4O2S/c14-9-1-2-12(11(15)5-9)19-4-3-10(7-19)18-22(20,21)13-6-16-8-17-13/h1-2,5-6,8,10,18H,3-4,7H2,(H,16,17). The summed E-state index contributed by atoms with van der Waals surface area (Å²) < 4.78 is 53.4. The van der Waals surface area contributed by atoms with Crippen LogP contribution in [0.15, 0.2) is 35.7 Å². The highest BCUT2D eigenvalue weighted by Gasteiger charge is 2.29. The third-order valence-electron chi connectivity index (χ3n) is 3.52. The Morgan fingerprint density at radius 3 is 2.86 bits per heavy atom. The predicted molar refractivity (Wildman–Crippen MR) is 75.9 cm³/mol. The molecule has 1 aromatic carbocycles. The Bertz CT molecular complexity index is 764. The van der Waals surface area contributed by atoms with E-state index in [9.17, 15) is 17.2 Å². The Morgan fingerprint density at radius 2 is 2.18 bits per heavy atom. The Morgan fingerprint density at radius 1 is 1.36 bits per heavy atom. The molecule has 1 saturated heterocycles. The number of imidazole rings is 1. The summed E-state index contributed by atoms with van der Waals surface area (Å²) >= 11 is 0. The molecule has 2 heterocycles. The number of anilines is 1. The van der Waals surface area contributed by atoms with Crippen LogP contribution < -0.4 is 9.62 Å². The first kappa shape index (κ1) is 14.9. The van der Waals surface area contributed by atoms with Crippen molar-refractivity contribution in [2.45, 2.75) is 17.5 Å². The normalized spacial score (nSPS) is 18.8. The highest BCUT2D eigenvalue weighted by molar-refractivity contribution is 7.89. The molecule has 0 amide bonds. The van der Waals surface area contributed by atoms with Gasteiger partial charge in [-0.3, -0.25) is 0 Å². The predicted octanol–water partition coefficient (Wildman–Crippen LogP) is 1.25. The summed E-state index contributed by atoms with van der Waals surface area (Å²) in [5.74, 6) is -1.30. The van der Waals surface area contributed by atoms with Crippen molar-refractivity contribution in [1.29, 1.82) is 0 Å². The maximum atomic E-state index is 13.8. The van der Waals surface area contributed by atoms with Gasteiger partial charge in [-0.2, -0.15) is 0 Å². The average molecular weight is 328 g/mol. The molecule has 0 bridgehead atoms. The third kappa shape index (κ3) is 2.95. The van der Waals surface area contributed by atoms with Gasteiger partial charge in [0.25, 0.3) is 10.0 Å². The Labute approximate surface area is 126 Å². The summed E-state index contributed by atoms with van der Waals surface area (Å²) in [7, 11) is -3.67. The van der Waals surface area contributed by atoms with E-state index in [4.69, 9.17) is 0 Å². The van der Waals surface area contributed by atoms with Gasteiger partial charge in [0, 0.05) is 25.2 Å². The lowest BCUT2D eigenvalue weighted by Crippen LogP contribution is -2.37. The molecule has 1 fully saturated rings. The summed E-state index contributed by atoms with van der Waals surface area (Å²) in [4.78, 5) is 7.90. The number of benzene rings is 1. The quantitative estimate of drug-likeness (QED) is 0.885. The van der Waals surface area contributed by atoms with Crippen LogP contribution >= 0.6 is 0 Å². The van der Waals surface area contributed by atoms with Crippen molar-refractivity contribution in [3.63, 3.8) is 0 Å². The zero-order valence-electron chi connectivity index (χ0n) is 11.5. The number of nitrogens with zero attached hydrogens (tertiary/aromatic N) is 2. The van der Waals surface area contributed by atoms with E-state index >= 15 is 0 Å². The first-order chi connectivity index (χ1) is 10.5. The van der Waals surface area contributed by atoms with Crippen molar-refractivity contribution < 1.29 is 17.2 Å². The number of rotatable bonds is 4. The molecule has 0 aliphatic carbocycles. The fourth-order valence-corrected chi connectivity index (χ4v) is 3.65. The molecule has 1 aromatic heterocycles. The molecule has 2 N–H and O–H groups in total. The van der Waals surface area contributed by atoms with Crippen molar-refractivity contribution in [3.05, 3.63) is 42.4 Å². The van der Waals surface area contributed by atoms with Gasteiger partial charge < -0.3 is 9.88 Å². The minimum Gasteiger partial charge on any atom is -0.368 e. The van der Waals surface area contributed by atoms with Crippen molar-refractivity contribution in [2.75, 3.05) is 18.0 Å². The molecule has 3 rings (SSSR count). The van der Waals surface area contributed by atoms with E-state index in [0.717, 1.165) is 6.07 Å². The molecular weight excluding hydrogens is 314 g/mol. The van der Waals surface area contributed by atoms with Gasteiger partial charge in [0.05, 0.1) is 18.2 Å². The van der Waals surface area contributed by atoms with Gasteiger partial charge in [-0.05, 0) is 18.6 Å². The van der Waals surface area contributed by atoms with Crippen LogP contribution in [-0.4, -0.2) is 37.5 Å². The molecule has 22 heavy (non-hydrogen) atoms. The first-order valence-corrected chi connectivity index (χ1v) is 8.15. The smallest absolute Gasteiger partial charge is 0.257 e. The minimum absolute atomic E-state index is 0.0149. The summed E-state index contributed by atoms with van der Waals surface area (Å²) in [5.41, 5.74) is 0.268. The molecule has 1 atom stereocenters. The number of aromatic amines is 1. The van der Waals surface area contributed by atoms with Crippen LogP contribution in [0.3, 0.4) is 0 Å².